The second-order valence-corrected chi connectivity index (χ2v) is 5.60. The van der Waals surface area contributed by atoms with Crippen LogP contribution in [0.4, 0.5) is 0 Å². The highest BCUT2D eigenvalue weighted by atomic mass is 15.2. The molecule has 1 fully saturated rings. The van der Waals surface area contributed by atoms with Gasteiger partial charge in [0.15, 0.2) is 0 Å². The largest absolute Gasteiger partial charge is 0.300 e. The van der Waals surface area contributed by atoms with E-state index >= 15 is 0 Å². The first-order valence-corrected chi connectivity index (χ1v) is 5.77. The molecule has 1 atom stereocenters. The average molecular weight is 183 g/mol. The maximum Gasteiger partial charge on any atom is 0.0101 e. The van der Waals surface area contributed by atoms with E-state index in [9.17, 15) is 0 Å². The van der Waals surface area contributed by atoms with Crippen molar-refractivity contribution < 1.29 is 0 Å². The van der Waals surface area contributed by atoms with Gasteiger partial charge in [-0.3, -0.25) is 0 Å². The molecule has 0 saturated carbocycles. The normalized spacial score (nSPS) is 25.4. The van der Waals surface area contributed by atoms with Gasteiger partial charge < -0.3 is 4.90 Å². The lowest BCUT2D eigenvalue weighted by atomic mass is 9.87. The SMILES string of the molecule is CCCN1CCCC1CC(C)(C)C. The van der Waals surface area contributed by atoms with Gasteiger partial charge >= 0.3 is 0 Å². The van der Waals surface area contributed by atoms with Crippen molar-refractivity contribution in [1.29, 1.82) is 0 Å². The van der Waals surface area contributed by atoms with Crippen molar-refractivity contribution in [3.8, 4) is 0 Å². The second kappa shape index (κ2) is 4.45. The van der Waals surface area contributed by atoms with Crippen LogP contribution < -0.4 is 0 Å². The van der Waals surface area contributed by atoms with Crippen molar-refractivity contribution in [3.05, 3.63) is 0 Å². The standard InChI is InChI=1S/C12H25N/c1-5-8-13-9-6-7-11(13)10-12(2,3)4/h11H,5-10H2,1-4H3. The van der Waals surface area contributed by atoms with Gasteiger partial charge in [-0.1, -0.05) is 27.7 Å². The van der Waals surface area contributed by atoms with Gasteiger partial charge in [-0.25, -0.2) is 0 Å². The Bertz CT molecular complexity index is 146. The molecule has 1 rings (SSSR count). The lowest BCUT2D eigenvalue weighted by Crippen LogP contribution is -2.33. The number of rotatable bonds is 3. The molecule has 0 aromatic rings. The molecule has 0 spiro atoms. The summed E-state index contributed by atoms with van der Waals surface area (Å²) in [6.45, 7) is 12.0. The van der Waals surface area contributed by atoms with Crippen LogP contribution in [-0.4, -0.2) is 24.0 Å². The molecule has 1 aliphatic rings. The fourth-order valence-corrected chi connectivity index (χ4v) is 2.41. The lowest BCUT2D eigenvalue weighted by Gasteiger charge is -2.30. The van der Waals surface area contributed by atoms with Gasteiger partial charge in [0.05, 0.1) is 0 Å². The first kappa shape index (κ1) is 11.0. The molecule has 0 amide bonds. The Morgan fingerprint density at radius 1 is 1.31 bits per heavy atom. The van der Waals surface area contributed by atoms with Gasteiger partial charge in [0.1, 0.15) is 0 Å². The van der Waals surface area contributed by atoms with Crippen LogP contribution in [-0.2, 0) is 0 Å². The molecule has 1 nitrogen and oxygen atoms in total. The number of hydrogen-bond donors (Lipinski definition) is 0. The molecule has 0 aliphatic carbocycles. The lowest BCUT2D eigenvalue weighted by molar-refractivity contribution is 0.192. The van der Waals surface area contributed by atoms with Crippen LogP contribution >= 0.6 is 0 Å². The topological polar surface area (TPSA) is 3.24 Å². The van der Waals surface area contributed by atoms with Crippen LogP contribution in [0.25, 0.3) is 0 Å². The first-order valence-electron chi connectivity index (χ1n) is 5.77. The van der Waals surface area contributed by atoms with Crippen LogP contribution in [0.2, 0.25) is 0 Å². The van der Waals surface area contributed by atoms with Gasteiger partial charge in [-0.2, -0.15) is 0 Å². The Hall–Kier alpha value is -0.0400. The highest BCUT2D eigenvalue weighted by molar-refractivity contribution is 4.82. The molecule has 1 saturated heterocycles. The molecule has 1 heteroatoms. The molecule has 0 N–H and O–H groups in total. The number of nitrogens with zero attached hydrogens (tertiary/aromatic N) is 1. The van der Waals surface area contributed by atoms with Crippen molar-refractivity contribution in [2.24, 2.45) is 5.41 Å². The summed E-state index contributed by atoms with van der Waals surface area (Å²) in [4.78, 5) is 2.69. The molecule has 1 aliphatic heterocycles. The molecule has 1 unspecified atom stereocenters. The Labute approximate surface area is 83.5 Å². The maximum atomic E-state index is 2.69. The Balaban J connectivity index is 2.39. The van der Waals surface area contributed by atoms with Crippen LogP contribution in [0.15, 0.2) is 0 Å². The van der Waals surface area contributed by atoms with Crippen molar-refractivity contribution in [3.63, 3.8) is 0 Å². The van der Waals surface area contributed by atoms with Crippen LogP contribution in [0.1, 0.15) is 53.4 Å². The molecular formula is C12H25N. The zero-order valence-electron chi connectivity index (χ0n) is 9.77. The molecule has 13 heavy (non-hydrogen) atoms. The highest BCUT2D eigenvalue weighted by Gasteiger charge is 2.27. The smallest absolute Gasteiger partial charge is 0.0101 e. The minimum atomic E-state index is 0.501. The van der Waals surface area contributed by atoms with E-state index in [1.54, 1.807) is 0 Å². The Kier molecular flexibility index (Phi) is 3.78. The van der Waals surface area contributed by atoms with Crippen LogP contribution in [0.5, 0.6) is 0 Å². The quantitative estimate of drug-likeness (QED) is 0.649. The van der Waals surface area contributed by atoms with E-state index in [1.165, 1.54) is 38.8 Å². The zero-order valence-corrected chi connectivity index (χ0v) is 9.77. The van der Waals surface area contributed by atoms with E-state index in [2.05, 4.69) is 32.6 Å². The number of likely N-dealkylation sites (tertiary alicyclic amines) is 1. The van der Waals surface area contributed by atoms with Gasteiger partial charge in [-0.05, 0) is 44.2 Å². The third kappa shape index (κ3) is 3.68. The summed E-state index contributed by atoms with van der Waals surface area (Å²) in [5.74, 6) is 0. The molecule has 0 aromatic carbocycles. The molecule has 0 bridgehead atoms. The molecule has 1 heterocycles. The minimum absolute atomic E-state index is 0.501. The highest BCUT2D eigenvalue weighted by Crippen LogP contribution is 2.29. The summed E-state index contributed by atoms with van der Waals surface area (Å²) in [7, 11) is 0. The summed E-state index contributed by atoms with van der Waals surface area (Å²) >= 11 is 0. The Morgan fingerprint density at radius 2 is 2.00 bits per heavy atom. The molecule has 78 valence electrons. The minimum Gasteiger partial charge on any atom is -0.300 e. The van der Waals surface area contributed by atoms with E-state index in [-0.39, 0.29) is 0 Å². The maximum absolute atomic E-state index is 2.69. The van der Waals surface area contributed by atoms with Gasteiger partial charge in [0.25, 0.3) is 0 Å². The summed E-state index contributed by atoms with van der Waals surface area (Å²) in [5, 5.41) is 0. The van der Waals surface area contributed by atoms with Crippen molar-refractivity contribution in [2.45, 2.75) is 59.4 Å². The molecular weight excluding hydrogens is 158 g/mol. The van der Waals surface area contributed by atoms with E-state index in [4.69, 9.17) is 0 Å². The fourth-order valence-electron chi connectivity index (χ4n) is 2.41. The van der Waals surface area contributed by atoms with Crippen molar-refractivity contribution >= 4 is 0 Å². The first-order chi connectivity index (χ1) is 6.03. The zero-order chi connectivity index (χ0) is 9.90. The number of hydrogen-bond acceptors (Lipinski definition) is 1. The van der Waals surface area contributed by atoms with Gasteiger partial charge in [0.2, 0.25) is 0 Å². The van der Waals surface area contributed by atoms with E-state index in [0.717, 1.165) is 6.04 Å². The van der Waals surface area contributed by atoms with Gasteiger partial charge in [0, 0.05) is 6.04 Å². The average Bonchev–Trinajstić information content (AvgIpc) is 2.34. The summed E-state index contributed by atoms with van der Waals surface area (Å²) < 4.78 is 0. The summed E-state index contributed by atoms with van der Waals surface area (Å²) in [5.41, 5.74) is 0.501. The van der Waals surface area contributed by atoms with Crippen LogP contribution in [0, 0.1) is 5.41 Å². The third-order valence-corrected chi connectivity index (χ3v) is 2.86. The van der Waals surface area contributed by atoms with Crippen molar-refractivity contribution in [2.75, 3.05) is 13.1 Å². The van der Waals surface area contributed by atoms with Crippen molar-refractivity contribution in [1.82, 2.24) is 4.90 Å². The molecule has 0 radical (unpaired) electrons. The summed E-state index contributed by atoms with van der Waals surface area (Å²) in [6, 6.07) is 0.875. The molecule has 0 aromatic heterocycles. The summed E-state index contributed by atoms with van der Waals surface area (Å²) in [6.07, 6.45) is 5.52. The third-order valence-electron chi connectivity index (χ3n) is 2.86. The monoisotopic (exact) mass is 183 g/mol. The van der Waals surface area contributed by atoms with Gasteiger partial charge in [-0.15, -0.1) is 0 Å². The fraction of sp³-hybridized carbons (Fsp3) is 1.00. The predicted octanol–water partition coefficient (Wildman–Crippen LogP) is 3.30. The predicted molar refractivity (Wildman–Crippen MR) is 59.0 cm³/mol. The van der Waals surface area contributed by atoms with E-state index in [0.29, 0.717) is 5.41 Å². The van der Waals surface area contributed by atoms with E-state index in [1.807, 2.05) is 0 Å². The second-order valence-electron chi connectivity index (χ2n) is 5.60. The van der Waals surface area contributed by atoms with E-state index < -0.39 is 0 Å². The Morgan fingerprint density at radius 3 is 2.54 bits per heavy atom. The van der Waals surface area contributed by atoms with Crippen LogP contribution in [0.3, 0.4) is 0 Å².